The number of aromatic amines is 1. The number of rotatable bonds is 8. The molecule has 0 radical (unpaired) electrons. The number of nitrogens with zero attached hydrogens (tertiary/aromatic N) is 2. The van der Waals surface area contributed by atoms with Gasteiger partial charge < -0.3 is 5.32 Å². The molecule has 104 valence electrons. The normalized spacial score (nSPS) is 13.2. The molecule has 0 aromatic carbocycles. The van der Waals surface area contributed by atoms with Gasteiger partial charge in [-0.3, -0.25) is 4.57 Å². The van der Waals surface area contributed by atoms with Gasteiger partial charge in [0, 0.05) is 18.3 Å². The summed E-state index contributed by atoms with van der Waals surface area (Å²) < 4.78 is 1.72. The summed E-state index contributed by atoms with van der Waals surface area (Å²) in [6.07, 6.45) is 0.942. The Kier molecular flexibility index (Phi) is 6.49. The van der Waals surface area contributed by atoms with E-state index in [-0.39, 0.29) is 5.69 Å². The van der Waals surface area contributed by atoms with Crippen LogP contribution >= 0.6 is 11.8 Å². The molecule has 0 bridgehead atoms. The number of H-pyrrole nitrogens is 1. The van der Waals surface area contributed by atoms with E-state index in [0.29, 0.717) is 12.0 Å². The van der Waals surface area contributed by atoms with Gasteiger partial charge in [0.1, 0.15) is 0 Å². The number of thioether (sulfide) groups is 1. The lowest BCUT2D eigenvalue weighted by Gasteiger charge is -2.14. The summed E-state index contributed by atoms with van der Waals surface area (Å²) in [6, 6.07) is 0.515. The molecule has 0 saturated carbocycles. The Morgan fingerprint density at radius 3 is 2.78 bits per heavy atom. The first-order valence-corrected chi connectivity index (χ1v) is 7.54. The molecule has 1 aromatic heterocycles. The molecule has 0 aliphatic rings. The SMILES string of the molecule is CCCn1c(SCC(C)CNC(C)C)n[nH]c1=O. The van der Waals surface area contributed by atoms with Crippen molar-refractivity contribution in [3.63, 3.8) is 0 Å². The Bertz CT molecular complexity index is 399. The minimum Gasteiger partial charge on any atom is -0.314 e. The molecule has 18 heavy (non-hydrogen) atoms. The predicted molar refractivity (Wildman–Crippen MR) is 76.2 cm³/mol. The molecule has 1 aromatic rings. The van der Waals surface area contributed by atoms with Gasteiger partial charge in [0.15, 0.2) is 5.16 Å². The van der Waals surface area contributed by atoms with Crippen molar-refractivity contribution in [3.05, 3.63) is 10.5 Å². The summed E-state index contributed by atoms with van der Waals surface area (Å²) in [6.45, 7) is 10.3. The average molecular weight is 272 g/mol. The summed E-state index contributed by atoms with van der Waals surface area (Å²) in [5.41, 5.74) is -0.104. The Hall–Kier alpha value is -0.750. The molecule has 0 fully saturated rings. The van der Waals surface area contributed by atoms with Crippen LogP contribution < -0.4 is 11.0 Å². The van der Waals surface area contributed by atoms with Crippen molar-refractivity contribution in [1.82, 2.24) is 20.1 Å². The summed E-state index contributed by atoms with van der Waals surface area (Å²) in [5.74, 6) is 1.52. The van der Waals surface area contributed by atoms with Crippen molar-refractivity contribution in [1.29, 1.82) is 0 Å². The fourth-order valence-corrected chi connectivity index (χ4v) is 2.54. The maximum atomic E-state index is 11.5. The average Bonchev–Trinajstić information content (AvgIpc) is 2.66. The second-order valence-corrected chi connectivity index (χ2v) is 5.93. The number of aromatic nitrogens is 3. The zero-order valence-electron chi connectivity index (χ0n) is 11.7. The number of hydrogen-bond donors (Lipinski definition) is 2. The van der Waals surface area contributed by atoms with E-state index in [9.17, 15) is 4.79 Å². The van der Waals surface area contributed by atoms with Crippen LogP contribution in [0.15, 0.2) is 9.95 Å². The topological polar surface area (TPSA) is 62.7 Å². The number of hydrogen-bond acceptors (Lipinski definition) is 4. The maximum absolute atomic E-state index is 11.5. The lowest BCUT2D eigenvalue weighted by Crippen LogP contribution is -2.28. The Morgan fingerprint density at radius 1 is 1.44 bits per heavy atom. The van der Waals surface area contributed by atoms with E-state index in [0.717, 1.165) is 30.4 Å². The lowest BCUT2D eigenvalue weighted by atomic mass is 10.2. The van der Waals surface area contributed by atoms with Crippen LogP contribution in [0.3, 0.4) is 0 Å². The van der Waals surface area contributed by atoms with Crippen LogP contribution in [-0.4, -0.2) is 33.1 Å². The monoisotopic (exact) mass is 272 g/mol. The lowest BCUT2D eigenvalue weighted by molar-refractivity contribution is 0.509. The standard InChI is InChI=1S/C12H24N4OS/c1-5-6-16-11(17)14-15-12(16)18-8-10(4)7-13-9(2)3/h9-10,13H,5-8H2,1-4H3,(H,14,17). The fraction of sp³-hybridized carbons (Fsp3) is 0.833. The van der Waals surface area contributed by atoms with Crippen LogP contribution in [0.4, 0.5) is 0 Å². The molecule has 0 aliphatic heterocycles. The summed E-state index contributed by atoms with van der Waals surface area (Å²) in [7, 11) is 0. The molecule has 2 N–H and O–H groups in total. The first kappa shape index (κ1) is 15.3. The van der Waals surface area contributed by atoms with Gasteiger partial charge in [-0.05, 0) is 18.9 Å². The van der Waals surface area contributed by atoms with Crippen molar-refractivity contribution in [2.24, 2.45) is 5.92 Å². The molecule has 1 heterocycles. The number of nitrogens with one attached hydrogen (secondary N) is 2. The highest BCUT2D eigenvalue weighted by Crippen LogP contribution is 2.17. The summed E-state index contributed by atoms with van der Waals surface area (Å²) in [5, 5.41) is 10.8. The van der Waals surface area contributed by atoms with Crippen LogP contribution in [0.25, 0.3) is 0 Å². The Balaban J connectivity index is 2.45. The van der Waals surface area contributed by atoms with Crippen molar-refractivity contribution < 1.29 is 0 Å². The van der Waals surface area contributed by atoms with Gasteiger partial charge >= 0.3 is 5.69 Å². The van der Waals surface area contributed by atoms with Gasteiger partial charge in [-0.1, -0.05) is 39.5 Å². The van der Waals surface area contributed by atoms with Crippen molar-refractivity contribution >= 4 is 11.8 Å². The van der Waals surface area contributed by atoms with Gasteiger partial charge in [-0.2, -0.15) is 0 Å². The van der Waals surface area contributed by atoms with Gasteiger partial charge in [0.25, 0.3) is 0 Å². The highest BCUT2D eigenvalue weighted by molar-refractivity contribution is 7.99. The molecule has 0 amide bonds. The molecule has 1 atom stereocenters. The molecule has 0 aliphatic carbocycles. The highest BCUT2D eigenvalue weighted by Gasteiger charge is 2.10. The van der Waals surface area contributed by atoms with Crippen LogP contribution in [0.1, 0.15) is 34.1 Å². The largest absolute Gasteiger partial charge is 0.343 e. The minimum absolute atomic E-state index is 0.104. The quantitative estimate of drug-likeness (QED) is 0.707. The zero-order valence-corrected chi connectivity index (χ0v) is 12.5. The third-order valence-corrected chi connectivity index (χ3v) is 3.85. The molecule has 5 nitrogen and oxygen atoms in total. The third-order valence-electron chi connectivity index (χ3n) is 2.54. The van der Waals surface area contributed by atoms with E-state index < -0.39 is 0 Å². The summed E-state index contributed by atoms with van der Waals surface area (Å²) >= 11 is 1.65. The van der Waals surface area contributed by atoms with Gasteiger partial charge in [-0.25, -0.2) is 9.89 Å². The van der Waals surface area contributed by atoms with Crippen molar-refractivity contribution in [3.8, 4) is 0 Å². The molecule has 6 heteroatoms. The van der Waals surface area contributed by atoms with Gasteiger partial charge in [0.2, 0.25) is 0 Å². The first-order valence-electron chi connectivity index (χ1n) is 6.56. The van der Waals surface area contributed by atoms with Gasteiger partial charge in [0.05, 0.1) is 0 Å². The predicted octanol–water partition coefficient (Wildman–Crippen LogP) is 1.71. The van der Waals surface area contributed by atoms with Crippen LogP contribution in [0, 0.1) is 5.92 Å². The molecule has 0 spiro atoms. The third kappa shape index (κ3) is 4.86. The van der Waals surface area contributed by atoms with Crippen LogP contribution in [-0.2, 0) is 6.54 Å². The van der Waals surface area contributed by atoms with Crippen molar-refractivity contribution in [2.45, 2.75) is 51.9 Å². The second kappa shape index (κ2) is 7.63. The Morgan fingerprint density at radius 2 is 2.17 bits per heavy atom. The van der Waals surface area contributed by atoms with E-state index in [2.05, 4.69) is 43.2 Å². The van der Waals surface area contributed by atoms with E-state index in [1.54, 1.807) is 16.3 Å². The molecular formula is C12H24N4OS. The highest BCUT2D eigenvalue weighted by atomic mass is 32.2. The van der Waals surface area contributed by atoms with Crippen LogP contribution in [0.2, 0.25) is 0 Å². The van der Waals surface area contributed by atoms with Gasteiger partial charge in [-0.15, -0.1) is 5.10 Å². The zero-order chi connectivity index (χ0) is 13.5. The van der Waals surface area contributed by atoms with E-state index in [1.807, 2.05) is 0 Å². The minimum atomic E-state index is -0.104. The van der Waals surface area contributed by atoms with Crippen LogP contribution in [0.5, 0.6) is 0 Å². The fourth-order valence-electron chi connectivity index (χ4n) is 1.55. The second-order valence-electron chi connectivity index (χ2n) is 4.94. The molecule has 1 rings (SSSR count). The summed E-state index contributed by atoms with van der Waals surface area (Å²) in [4.78, 5) is 11.5. The van der Waals surface area contributed by atoms with E-state index in [1.165, 1.54) is 0 Å². The smallest absolute Gasteiger partial charge is 0.314 e. The Labute approximate surface area is 113 Å². The van der Waals surface area contributed by atoms with E-state index >= 15 is 0 Å². The molecular weight excluding hydrogens is 248 g/mol. The maximum Gasteiger partial charge on any atom is 0.343 e. The van der Waals surface area contributed by atoms with E-state index in [4.69, 9.17) is 0 Å². The first-order chi connectivity index (χ1) is 8.54. The molecule has 0 saturated heterocycles. The molecule has 1 unspecified atom stereocenters. The van der Waals surface area contributed by atoms with Crippen molar-refractivity contribution in [2.75, 3.05) is 12.3 Å².